The predicted molar refractivity (Wildman–Crippen MR) is 160 cm³/mol. The molecule has 0 aliphatic carbocycles. The first-order valence-corrected chi connectivity index (χ1v) is 13.7. The second kappa shape index (κ2) is 11.7. The van der Waals surface area contributed by atoms with Gasteiger partial charge < -0.3 is 5.32 Å². The smallest absolute Gasteiger partial charge is 0.269 e. The number of rotatable bonds is 9. The van der Waals surface area contributed by atoms with Gasteiger partial charge in [-0.15, -0.1) is 5.10 Å². The second-order valence-corrected chi connectivity index (χ2v) is 9.99. The van der Waals surface area contributed by atoms with Crippen molar-refractivity contribution in [2.75, 3.05) is 5.32 Å². The molecule has 2 heterocycles. The van der Waals surface area contributed by atoms with E-state index in [1.54, 1.807) is 16.8 Å². The van der Waals surface area contributed by atoms with Crippen LogP contribution in [0.15, 0.2) is 78.9 Å². The van der Waals surface area contributed by atoms with Gasteiger partial charge in [0, 0.05) is 29.9 Å². The van der Waals surface area contributed by atoms with E-state index in [-0.39, 0.29) is 5.69 Å². The van der Waals surface area contributed by atoms with Gasteiger partial charge >= 0.3 is 0 Å². The molecule has 1 N–H and O–H groups in total. The number of anilines is 1. The summed E-state index contributed by atoms with van der Waals surface area (Å²) in [5, 5.41) is 26.9. The Morgan fingerprint density at radius 2 is 1.67 bits per heavy atom. The summed E-state index contributed by atoms with van der Waals surface area (Å²) in [5.41, 5.74) is 8.03. The molecule has 0 radical (unpaired) electrons. The van der Waals surface area contributed by atoms with E-state index in [2.05, 4.69) is 87.6 Å². The summed E-state index contributed by atoms with van der Waals surface area (Å²) >= 11 is 2.38. The summed E-state index contributed by atoms with van der Waals surface area (Å²) < 4.78 is 2.76. The molecule has 0 bridgehead atoms. The molecule has 0 fully saturated rings. The first-order chi connectivity index (χ1) is 19.0. The van der Waals surface area contributed by atoms with Gasteiger partial charge in [0.2, 0.25) is 0 Å². The second-order valence-electron chi connectivity index (χ2n) is 8.91. The van der Waals surface area contributed by atoms with Crippen LogP contribution in [0, 0.1) is 13.7 Å². The highest BCUT2D eigenvalue weighted by molar-refractivity contribution is 14.1. The van der Waals surface area contributed by atoms with Gasteiger partial charge in [0.1, 0.15) is 0 Å². The third-order valence-electron chi connectivity index (χ3n) is 6.47. The van der Waals surface area contributed by atoms with Crippen LogP contribution < -0.4 is 5.32 Å². The van der Waals surface area contributed by atoms with Crippen molar-refractivity contribution >= 4 is 34.0 Å². The van der Waals surface area contributed by atoms with Gasteiger partial charge in [0.05, 0.1) is 25.6 Å². The summed E-state index contributed by atoms with van der Waals surface area (Å²) in [4.78, 5) is 15.4. The summed E-state index contributed by atoms with van der Waals surface area (Å²) in [5.74, 6) is 0.552. The van der Waals surface area contributed by atoms with E-state index >= 15 is 0 Å². The van der Waals surface area contributed by atoms with E-state index in [9.17, 15) is 10.1 Å². The summed E-state index contributed by atoms with van der Waals surface area (Å²) in [6, 6.07) is 24.7. The molecule has 3 aromatic carbocycles. The molecule has 39 heavy (non-hydrogen) atoms. The molecule has 0 amide bonds. The average Bonchev–Trinajstić information content (AvgIpc) is 3.47. The van der Waals surface area contributed by atoms with Gasteiger partial charge in [0.25, 0.3) is 5.69 Å². The van der Waals surface area contributed by atoms with Crippen molar-refractivity contribution in [3.8, 4) is 28.2 Å². The van der Waals surface area contributed by atoms with E-state index < -0.39 is 4.92 Å². The van der Waals surface area contributed by atoms with Crippen molar-refractivity contribution in [1.29, 1.82) is 0 Å². The highest BCUT2D eigenvalue weighted by Crippen LogP contribution is 2.32. The Bertz CT molecular complexity index is 1620. The quantitative estimate of drug-likeness (QED) is 0.110. The number of pyridine rings is 1. The van der Waals surface area contributed by atoms with Crippen molar-refractivity contribution in [1.82, 2.24) is 25.2 Å². The van der Waals surface area contributed by atoms with Gasteiger partial charge in [0.15, 0.2) is 5.82 Å². The molecule has 0 atom stereocenters. The molecule has 10 heteroatoms. The molecule has 0 saturated heterocycles. The zero-order valence-corrected chi connectivity index (χ0v) is 23.7. The van der Waals surface area contributed by atoms with Crippen LogP contribution in [-0.2, 0) is 19.4 Å². The van der Waals surface area contributed by atoms with Gasteiger partial charge in [-0.2, -0.15) is 4.68 Å². The van der Waals surface area contributed by atoms with Gasteiger partial charge in [-0.1, -0.05) is 62.4 Å². The Morgan fingerprint density at radius 1 is 0.949 bits per heavy atom. The minimum Gasteiger partial charge on any atom is -0.380 e. The van der Waals surface area contributed by atoms with Crippen LogP contribution in [0.4, 0.5) is 11.4 Å². The molecule has 0 aliphatic heterocycles. The number of nitrogens with one attached hydrogen (secondary N) is 1. The summed E-state index contributed by atoms with van der Waals surface area (Å²) in [7, 11) is 0. The molecule has 196 valence electrons. The Morgan fingerprint density at radius 3 is 2.33 bits per heavy atom. The topological polar surface area (TPSA) is 112 Å². The molecule has 9 nitrogen and oxygen atoms in total. The number of halogens is 1. The van der Waals surface area contributed by atoms with Crippen molar-refractivity contribution < 1.29 is 4.92 Å². The largest absolute Gasteiger partial charge is 0.380 e. The number of benzene rings is 3. The molecule has 0 spiro atoms. The molecule has 2 aromatic heterocycles. The average molecular weight is 631 g/mol. The lowest BCUT2D eigenvalue weighted by Gasteiger charge is -2.14. The molecule has 5 rings (SSSR count). The number of nitro groups is 1. The third kappa shape index (κ3) is 5.65. The first-order valence-electron chi connectivity index (χ1n) is 12.6. The van der Waals surface area contributed by atoms with Crippen LogP contribution in [0.2, 0.25) is 0 Å². The van der Waals surface area contributed by atoms with Crippen LogP contribution in [0.1, 0.15) is 30.8 Å². The fraction of sp³-hybridized carbons (Fsp3) is 0.172. The summed E-state index contributed by atoms with van der Waals surface area (Å²) in [6.45, 7) is 4.96. The van der Waals surface area contributed by atoms with Crippen molar-refractivity contribution in [3.05, 3.63) is 109 Å². The Labute approximate surface area is 239 Å². The zero-order chi connectivity index (χ0) is 27.4. The van der Waals surface area contributed by atoms with E-state index in [0.29, 0.717) is 18.1 Å². The van der Waals surface area contributed by atoms with Gasteiger partial charge in [-0.25, -0.2) is 0 Å². The fourth-order valence-corrected chi connectivity index (χ4v) is 5.21. The van der Waals surface area contributed by atoms with Crippen LogP contribution in [0.3, 0.4) is 0 Å². The number of non-ortho nitro benzene ring substituents is 1. The Balaban J connectivity index is 1.40. The number of nitro benzene ring substituents is 1. The van der Waals surface area contributed by atoms with Gasteiger partial charge in [-0.3, -0.25) is 15.1 Å². The number of hydrogen-bond acceptors (Lipinski definition) is 7. The number of nitrogens with zero attached hydrogens (tertiary/aromatic N) is 6. The lowest BCUT2D eigenvalue weighted by atomic mass is 9.98. The third-order valence-corrected chi connectivity index (χ3v) is 7.67. The Hall–Kier alpha value is -4.19. The Kier molecular flexibility index (Phi) is 7.92. The molecule has 0 unspecified atom stereocenters. The van der Waals surface area contributed by atoms with E-state index in [1.807, 2.05) is 24.3 Å². The number of aryl methyl sites for hydroxylation is 2. The molecule has 0 saturated carbocycles. The number of tetrazole rings is 1. The highest BCUT2D eigenvalue weighted by atomic mass is 127. The van der Waals surface area contributed by atoms with Crippen LogP contribution in [0.5, 0.6) is 0 Å². The minimum absolute atomic E-state index is 0.0126. The van der Waals surface area contributed by atoms with Crippen molar-refractivity contribution in [2.45, 2.75) is 33.2 Å². The van der Waals surface area contributed by atoms with E-state index in [0.717, 1.165) is 52.2 Å². The molecular formula is C29H26IN7O2. The summed E-state index contributed by atoms with van der Waals surface area (Å²) in [6.07, 6.45) is 1.81. The van der Waals surface area contributed by atoms with Crippen molar-refractivity contribution in [2.24, 2.45) is 0 Å². The maximum absolute atomic E-state index is 11.0. The zero-order valence-electron chi connectivity index (χ0n) is 21.5. The highest BCUT2D eigenvalue weighted by Gasteiger charge is 2.16. The first kappa shape index (κ1) is 26.4. The monoisotopic (exact) mass is 631 g/mol. The lowest BCUT2D eigenvalue weighted by molar-refractivity contribution is -0.384. The van der Waals surface area contributed by atoms with Crippen LogP contribution in [0.25, 0.3) is 28.2 Å². The van der Waals surface area contributed by atoms with Gasteiger partial charge in [-0.05, 0) is 80.7 Å². The minimum atomic E-state index is -0.429. The molecular weight excluding hydrogens is 605 g/mol. The predicted octanol–water partition coefficient (Wildman–Crippen LogP) is 6.64. The standard InChI is InChI=1S/C29H26IN7O2/c1-3-21-17-27(28(30)26(4-2)32-21)31-18-19-9-11-20(12-10-19)24-7-5-6-8-25(24)29-33-34-35-36(29)22-13-15-23(16-14-22)37(38)39/h5-17H,3-4,18H2,1-2H3,(H,31,32). The van der Waals surface area contributed by atoms with Crippen LogP contribution >= 0.6 is 22.6 Å². The maximum Gasteiger partial charge on any atom is 0.269 e. The number of aromatic nitrogens is 5. The SMILES string of the molecule is CCc1cc(NCc2ccc(-c3ccccc3-c3nnnn3-c3ccc([N+](=O)[O-])cc3)cc2)c(I)c(CC)n1. The lowest BCUT2D eigenvalue weighted by Crippen LogP contribution is -2.06. The fourth-order valence-electron chi connectivity index (χ4n) is 4.36. The van der Waals surface area contributed by atoms with Crippen LogP contribution in [-0.4, -0.2) is 30.1 Å². The molecule has 0 aliphatic rings. The van der Waals surface area contributed by atoms with E-state index in [4.69, 9.17) is 4.98 Å². The normalized spacial score (nSPS) is 10.9. The number of hydrogen-bond donors (Lipinski definition) is 1. The van der Waals surface area contributed by atoms with E-state index in [1.165, 1.54) is 15.7 Å². The maximum atomic E-state index is 11.0. The molecule has 5 aromatic rings. The van der Waals surface area contributed by atoms with Crippen molar-refractivity contribution in [3.63, 3.8) is 0 Å².